The van der Waals surface area contributed by atoms with Crippen LogP contribution in [0.4, 0.5) is 4.39 Å². The molecule has 2 N–H and O–H groups in total. The van der Waals surface area contributed by atoms with Crippen LogP contribution >= 0.6 is 0 Å². The zero-order valence-corrected chi connectivity index (χ0v) is 12.8. The fraction of sp³-hybridized carbons (Fsp3) is 0.333. The van der Waals surface area contributed by atoms with Crippen LogP contribution in [0.1, 0.15) is 42.1 Å². The molecule has 0 amide bonds. The van der Waals surface area contributed by atoms with E-state index in [4.69, 9.17) is 4.74 Å². The summed E-state index contributed by atoms with van der Waals surface area (Å²) in [5, 5.41) is 13.2. The Morgan fingerprint density at radius 1 is 1.32 bits per heavy atom. The van der Waals surface area contributed by atoms with Gasteiger partial charge in [-0.3, -0.25) is 0 Å². The standard InChI is InChI=1S/C18H20FNO2/c1-11(15-10-12(21)6-9-18(15)22-2)20-17-8-7-13-14(17)4-3-5-16(13)19/h3-6,9-11,17,20-21H,7-8H2,1-2H3/t11-,17+/m0/s1. The minimum Gasteiger partial charge on any atom is -0.508 e. The summed E-state index contributed by atoms with van der Waals surface area (Å²) in [6, 6.07) is 10.4. The first kappa shape index (κ1) is 14.9. The maximum absolute atomic E-state index is 13.8. The van der Waals surface area contributed by atoms with Crippen molar-refractivity contribution in [1.29, 1.82) is 0 Å². The Morgan fingerprint density at radius 3 is 2.91 bits per heavy atom. The molecule has 3 nitrogen and oxygen atoms in total. The quantitative estimate of drug-likeness (QED) is 0.900. The van der Waals surface area contributed by atoms with Gasteiger partial charge in [0.15, 0.2) is 0 Å². The first-order valence-corrected chi connectivity index (χ1v) is 7.50. The highest BCUT2D eigenvalue weighted by molar-refractivity contribution is 5.42. The van der Waals surface area contributed by atoms with Gasteiger partial charge in [-0.05, 0) is 55.2 Å². The lowest BCUT2D eigenvalue weighted by atomic mass is 10.0. The van der Waals surface area contributed by atoms with Crippen molar-refractivity contribution in [3.8, 4) is 11.5 Å². The maximum Gasteiger partial charge on any atom is 0.126 e. The first-order chi connectivity index (χ1) is 10.6. The first-order valence-electron chi connectivity index (χ1n) is 7.50. The molecule has 0 saturated carbocycles. The van der Waals surface area contributed by atoms with Crippen molar-refractivity contribution in [3.63, 3.8) is 0 Å². The van der Waals surface area contributed by atoms with E-state index in [0.29, 0.717) is 0 Å². The summed E-state index contributed by atoms with van der Waals surface area (Å²) in [6.07, 6.45) is 1.63. The Kier molecular flexibility index (Phi) is 4.03. The third-order valence-corrected chi connectivity index (χ3v) is 4.34. The third kappa shape index (κ3) is 2.66. The van der Waals surface area contributed by atoms with Gasteiger partial charge in [0.25, 0.3) is 0 Å². The van der Waals surface area contributed by atoms with E-state index >= 15 is 0 Å². The molecule has 22 heavy (non-hydrogen) atoms. The van der Waals surface area contributed by atoms with Gasteiger partial charge < -0.3 is 15.2 Å². The Labute approximate surface area is 129 Å². The summed E-state index contributed by atoms with van der Waals surface area (Å²) < 4.78 is 19.2. The number of phenolic OH excluding ortho intramolecular Hbond substituents is 1. The molecular formula is C18H20FNO2. The smallest absolute Gasteiger partial charge is 0.126 e. The summed E-state index contributed by atoms with van der Waals surface area (Å²) in [5.74, 6) is 0.821. The zero-order chi connectivity index (χ0) is 15.7. The van der Waals surface area contributed by atoms with Gasteiger partial charge in [0, 0.05) is 17.6 Å². The molecule has 0 unspecified atom stereocenters. The number of ether oxygens (including phenoxy) is 1. The van der Waals surface area contributed by atoms with Gasteiger partial charge in [-0.2, -0.15) is 0 Å². The summed E-state index contributed by atoms with van der Waals surface area (Å²) in [6.45, 7) is 2.02. The molecule has 1 aliphatic carbocycles. The van der Waals surface area contributed by atoms with E-state index in [9.17, 15) is 9.50 Å². The van der Waals surface area contributed by atoms with Gasteiger partial charge in [0.2, 0.25) is 0 Å². The highest BCUT2D eigenvalue weighted by atomic mass is 19.1. The number of rotatable bonds is 4. The number of nitrogens with one attached hydrogen (secondary N) is 1. The van der Waals surface area contributed by atoms with E-state index in [1.807, 2.05) is 13.0 Å². The van der Waals surface area contributed by atoms with E-state index in [1.54, 1.807) is 31.4 Å². The number of phenols is 1. The van der Waals surface area contributed by atoms with E-state index in [1.165, 1.54) is 6.07 Å². The Morgan fingerprint density at radius 2 is 2.14 bits per heavy atom. The van der Waals surface area contributed by atoms with E-state index in [2.05, 4.69) is 5.32 Å². The second-order valence-corrected chi connectivity index (χ2v) is 5.71. The molecule has 2 aromatic rings. The minimum absolute atomic E-state index is 0.0127. The van der Waals surface area contributed by atoms with Gasteiger partial charge in [-0.1, -0.05) is 12.1 Å². The van der Waals surface area contributed by atoms with Crippen molar-refractivity contribution in [2.75, 3.05) is 7.11 Å². The lowest BCUT2D eigenvalue weighted by Crippen LogP contribution is -2.23. The van der Waals surface area contributed by atoms with Crippen molar-refractivity contribution in [2.45, 2.75) is 31.8 Å². The average molecular weight is 301 g/mol. The van der Waals surface area contributed by atoms with Gasteiger partial charge in [-0.15, -0.1) is 0 Å². The summed E-state index contributed by atoms with van der Waals surface area (Å²) >= 11 is 0. The van der Waals surface area contributed by atoms with Crippen molar-refractivity contribution < 1.29 is 14.2 Å². The van der Waals surface area contributed by atoms with Gasteiger partial charge in [0.1, 0.15) is 17.3 Å². The Balaban J connectivity index is 1.84. The minimum atomic E-state index is -0.121. The predicted octanol–water partition coefficient (Wildman–Crippen LogP) is 3.88. The van der Waals surface area contributed by atoms with E-state index in [0.717, 1.165) is 35.3 Å². The lowest BCUT2D eigenvalue weighted by Gasteiger charge is -2.22. The van der Waals surface area contributed by atoms with Crippen molar-refractivity contribution >= 4 is 0 Å². The number of halogens is 1. The van der Waals surface area contributed by atoms with Crippen LogP contribution in [0, 0.1) is 5.82 Å². The number of fused-ring (bicyclic) bond motifs is 1. The number of benzene rings is 2. The normalized spacial score (nSPS) is 18.0. The predicted molar refractivity (Wildman–Crippen MR) is 83.7 cm³/mol. The second kappa shape index (κ2) is 5.97. The van der Waals surface area contributed by atoms with Gasteiger partial charge in [-0.25, -0.2) is 4.39 Å². The molecule has 4 heteroatoms. The number of hydrogen-bond acceptors (Lipinski definition) is 3. The summed E-state index contributed by atoms with van der Waals surface area (Å²) in [4.78, 5) is 0. The molecule has 116 valence electrons. The Bertz CT molecular complexity index is 687. The van der Waals surface area contributed by atoms with Crippen molar-refractivity contribution in [1.82, 2.24) is 5.32 Å². The van der Waals surface area contributed by atoms with Crippen LogP contribution in [0.5, 0.6) is 11.5 Å². The number of hydrogen-bond donors (Lipinski definition) is 2. The van der Waals surface area contributed by atoms with Crippen LogP contribution in [0.3, 0.4) is 0 Å². The maximum atomic E-state index is 13.8. The molecule has 0 aromatic heterocycles. The highest BCUT2D eigenvalue weighted by Gasteiger charge is 2.26. The molecule has 0 bridgehead atoms. The van der Waals surface area contributed by atoms with E-state index in [-0.39, 0.29) is 23.7 Å². The van der Waals surface area contributed by atoms with Crippen LogP contribution < -0.4 is 10.1 Å². The average Bonchev–Trinajstić information content (AvgIpc) is 2.92. The SMILES string of the molecule is COc1ccc(O)cc1[C@H](C)N[C@@H]1CCc2c(F)cccc21. The Hall–Kier alpha value is -2.07. The number of methoxy groups -OCH3 is 1. The second-order valence-electron chi connectivity index (χ2n) is 5.71. The fourth-order valence-corrected chi connectivity index (χ4v) is 3.23. The summed E-state index contributed by atoms with van der Waals surface area (Å²) in [5.41, 5.74) is 2.74. The molecule has 0 heterocycles. The topological polar surface area (TPSA) is 41.5 Å². The largest absolute Gasteiger partial charge is 0.508 e. The summed E-state index contributed by atoms with van der Waals surface area (Å²) in [7, 11) is 1.61. The molecule has 2 atom stereocenters. The monoisotopic (exact) mass is 301 g/mol. The lowest BCUT2D eigenvalue weighted by molar-refractivity contribution is 0.390. The fourth-order valence-electron chi connectivity index (χ4n) is 3.23. The molecule has 0 radical (unpaired) electrons. The third-order valence-electron chi connectivity index (χ3n) is 4.34. The van der Waals surface area contributed by atoms with Gasteiger partial charge in [0.05, 0.1) is 7.11 Å². The van der Waals surface area contributed by atoms with Crippen LogP contribution in [-0.4, -0.2) is 12.2 Å². The molecule has 2 aromatic carbocycles. The molecule has 0 fully saturated rings. The van der Waals surface area contributed by atoms with E-state index < -0.39 is 0 Å². The van der Waals surface area contributed by atoms with Crippen LogP contribution in [-0.2, 0) is 6.42 Å². The zero-order valence-electron chi connectivity index (χ0n) is 12.8. The van der Waals surface area contributed by atoms with Crippen molar-refractivity contribution in [2.24, 2.45) is 0 Å². The molecule has 3 rings (SSSR count). The highest BCUT2D eigenvalue weighted by Crippen LogP contribution is 2.36. The van der Waals surface area contributed by atoms with Gasteiger partial charge >= 0.3 is 0 Å². The van der Waals surface area contributed by atoms with Crippen LogP contribution in [0.2, 0.25) is 0 Å². The molecule has 0 spiro atoms. The van der Waals surface area contributed by atoms with Crippen LogP contribution in [0.15, 0.2) is 36.4 Å². The molecule has 0 saturated heterocycles. The molecule has 1 aliphatic rings. The number of aromatic hydroxyl groups is 1. The molecule has 0 aliphatic heterocycles. The van der Waals surface area contributed by atoms with Crippen LogP contribution in [0.25, 0.3) is 0 Å². The molecular weight excluding hydrogens is 281 g/mol. The van der Waals surface area contributed by atoms with Crippen molar-refractivity contribution in [3.05, 3.63) is 58.9 Å².